The maximum Gasteiger partial charge on any atom is 0.178 e. The summed E-state index contributed by atoms with van der Waals surface area (Å²) in [7, 11) is 0. The van der Waals surface area contributed by atoms with Gasteiger partial charge in [-0.1, -0.05) is 0 Å². The second-order valence-electron chi connectivity index (χ2n) is 3.54. The van der Waals surface area contributed by atoms with Crippen molar-refractivity contribution in [2.24, 2.45) is 5.73 Å². The average Bonchev–Trinajstić information content (AvgIpc) is 2.63. The van der Waals surface area contributed by atoms with E-state index < -0.39 is 5.79 Å². The van der Waals surface area contributed by atoms with Crippen molar-refractivity contribution in [3.05, 3.63) is 30.1 Å². The van der Waals surface area contributed by atoms with Crippen LogP contribution in [-0.4, -0.2) is 23.9 Å². The van der Waals surface area contributed by atoms with Crippen LogP contribution >= 0.6 is 0 Å². The number of rotatable bonds is 2. The quantitative estimate of drug-likeness (QED) is 0.758. The monoisotopic (exact) mass is 194 g/mol. The van der Waals surface area contributed by atoms with Gasteiger partial charge in [0.15, 0.2) is 5.79 Å². The molecule has 1 aromatic rings. The van der Waals surface area contributed by atoms with Gasteiger partial charge in [-0.15, -0.1) is 0 Å². The van der Waals surface area contributed by atoms with Crippen molar-refractivity contribution in [2.75, 3.05) is 13.2 Å². The fourth-order valence-electron chi connectivity index (χ4n) is 1.47. The predicted octanol–water partition coefficient (Wildman–Crippen LogP) is 0.844. The Morgan fingerprint density at radius 3 is 2.86 bits per heavy atom. The highest BCUT2D eigenvalue weighted by Gasteiger charge is 2.36. The highest BCUT2D eigenvalue weighted by atomic mass is 16.7. The normalized spacial score (nSPS) is 32.0. The zero-order chi connectivity index (χ0) is 10.0. The van der Waals surface area contributed by atoms with Crippen LogP contribution in [0, 0.1) is 0 Å². The highest BCUT2D eigenvalue weighted by Crippen LogP contribution is 2.31. The first-order chi connectivity index (χ1) is 6.73. The molecule has 2 atom stereocenters. The highest BCUT2D eigenvalue weighted by molar-refractivity contribution is 5.14. The summed E-state index contributed by atoms with van der Waals surface area (Å²) in [6.07, 6.45) is 3.47. The molecule has 0 saturated carbocycles. The molecule has 1 aliphatic rings. The van der Waals surface area contributed by atoms with Gasteiger partial charge in [0.25, 0.3) is 0 Å². The first kappa shape index (κ1) is 9.58. The molecule has 0 amide bonds. The van der Waals surface area contributed by atoms with E-state index >= 15 is 0 Å². The van der Waals surface area contributed by atoms with Crippen LogP contribution in [0.5, 0.6) is 0 Å². The Balaban J connectivity index is 2.10. The molecule has 14 heavy (non-hydrogen) atoms. The summed E-state index contributed by atoms with van der Waals surface area (Å²) >= 11 is 0. The minimum absolute atomic E-state index is 0.0217. The number of pyridine rings is 1. The van der Waals surface area contributed by atoms with Gasteiger partial charge in [0.05, 0.1) is 6.61 Å². The van der Waals surface area contributed by atoms with Crippen molar-refractivity contribution in [1.82, 2.24) is 4.98 Å². The van der Waals surface area contributed by atoms with E-state index in [1.54, 1.807) is 12.4 Å². The Morgan fingerprint density at radius 2 is 2.29 bits per heavy atom. The number of ether oxygens (including phenoxy) is 2. The maximum absolute atomic E-state index is 5.71. The number of nitrogens with two attached hydrogens (primary N) is 1. The molecule has 2 heterocycles. The van der Waals surface area contributed by atoms with Crippen LogP contribution in [0.4, 0.5) is 0 Å². The summed E-state index contributed by atoms with van der Waals surface area (Å²) < 4.78 is 11.2. The van der Waals surface area contributed by atoms with E-state index in [-0.39, 0.29) is 6.10 Å². The minimum Gasteiger partial charge on any atom is -0.346 e. The van der Waals surface area contributed by atoms with Crippen molar-refractivity contribution in [3.63, 3.8) is 0 Å². The average molecular weight is 194 g/mol. The maximum atomic E-state index is 5.71. The van der Waals surface area contributed by atoms with Crippen LogP contribution in [0.1, 0.15) is 18.6 Å². The lowest BCUT2D eigenvalue weighted by Crippen LogP contribution is -2.35. The fourth-order valence-corrected chi connectivity index (χ4v) is 1.47. The topological polar surface area (TPSA) is 57.4 Å². The molecule has 0 radical (unpaired) electrons. The Bertz CT molecular complexity index is 304. The standard InChI is InChI=1S/C10H14N2O2/c1-10(7-11)13-6-9(14-10)8-2-4-12-5-3-8/h2-5,9H,6-7,11H2,1H3. The molecule has 0 spiro atoms. The summed E-state index contributed by atoms with van der Waals surface area (Å²) in [5, 5.41) is 0. The molecule has 4 nitrogen and oxygen atoms in total. The van der Waals surface area contributed by atoms with E-state index in [0.29, 0.717) is 13.2 Å². The molecule has 2 unspecified atom stereocenters. The molecular formula is C10H14N2O2. The fraction of sp³-hybridized carbons (Fsp3) is 0.500. The third-order valence-electron chi connectivity index (χ3n) is 2.38. The third kappa shape index (κ3) is 1.77. The van der Waals surface area contributed by atoms with Crippen molar-refractivity contribution < 1.29 is 9.47 Å². The van der Waals surface area contributed by atoms with E-state index in [0.717, 1.165) is 5.56 Å². The van der Waals surface area contributed by atoms with E-state index in [1.165, 1.54) is 0 Å². The van der Waals surface area contributed by atoms with Gasteiger partial charge in [0.1, 0.15) is 6.10 Å². The second kappa shape index (κ2) is 3.65. The molecular weight excluding hydrogens is 180 g/mol. The molecule has 0 aliphatic carbocycles. The number of aromatic nitrogens is 1. The Morgan fingerprint density at radius 1 is 1.57 bits per heavy atom. The Labute approximate surface area is 83.0 Å². The van der Waals surface area contributed by atoms with E-state index in [1.807, 2.05) is 19.1 Å². The van der Waals surface area contributed by atoms with Gasteiger partial charge in [-0.05, 0) is 24.6 Å². The first-order valence-electron chi connectivity index (χ1n) is 4.65. The molecule has 1 fully saturated rings. The first-order valence-corrected chi connectivity index (χ1v) is 4.65. The lowest BCUT2D eigenvalue weighted by Gasteiger charge is -2.20. The zero-order valence-electron chi connectivity index (χ0n) is 8.14. The van der Waals surface area contributed by atoms with Crippen LogP contribution in [0.3, 0.4) is 0 Å². The Kier molecular flexibility index (Phi) is 2.50. The van der Waals surface area contributed by atoms with Gasteiger partial charge >= 0.3 is 0 Å². The van der Waals surface area contributed by atoms with E-state index in [4.69, 9.17) is 15.2 Å². The summed E-state index contributed by atoms with van der Waals surface area (Å²) in [6, 6.07) is 3.85. The van der Waals surface area contributed by atoms with E-state index in [9.17, 15) is 0 Å². The smallest absolute Gasteiger partial charge is 0.178 e. The summed E-state index contributed by atoms with van der Waals surface area (Å²) in [5.41, 5.74) is 6.63. The molecule has 2 rings (SSSR count). The predicted molar refractivity (Wildman–Crippen MR) is 51.5 cm³/mol. The van der Waals surface area contributed by atoms with Gasteiger partial charge in [0, 0.05) is 18.9 Å². The zero-order valence-corrected chi connectivity index (χ0v) is 8.14. The van der Waals surface area contributed by atoms with Crippen molar-refractivity contribution in [2.45, 2.75) is 18.8 Å². The largest absolute Gasteiger partial charge is 0.346 e. The molecule has 0 bridgehead atoms. The Hall–Kier alpha value is -0.970. The van der Waals surface area contributed by atoms with Gasteiger partial charge in [-0.3, -0.25) is 4.98 Å². The van der Waals surface area contributed by atoms with Crippen molar-refractivity contribution in [1.29, 1.82) is 0 Å². The van der Waals surface area contributed by atoms with Gasteiger partial charge in [-0.25, -0.2) is 0 Å². The molecule has 2 N–H and O–H groups in total. The van der Waals surface area contributed by atoms with Crippen LogP contribution in [0.2, 0.25) is 0 Å². The molecule has 76 valence electrons. The SMILES string of the molecule is CC1(CN)OCC(c2ccncc2)O1. The van der Waals surface area contributed by atoms with Crippen LogP contribution in [-0.2, 0) is 9.47 Å². The van der Waals surface area contributed by atoms with Crippen LogP contribution < -0.4 is 5.73 Å². The molecule has 1 aliphatic heterocycles. The number of hydrogen-bond acceptors (Lipinski definition) is 4. The van der Waals surface area contributed by atoms with Crippen molar-refractivity contribution >= 4 is 0 Å². The molecule has 1 aromatic heterocycles. The van der Waals surface area contributed by atoms with Crippen molar-refractivity contribution in [3.8, 4) is 0 Å². The third-order valence-corrected chi connectivity index (χ3v) is 2.38. The minimum atomic E-state index is -0.631. The summed E-state index contributed by atoms with van der Waals surface area (Å²) in [6.45, 7) is 2.78. The summed E-state index contributed by atoms with van der Waals surface area (Å²) in [4.78, 5) is 3.95. The van der Waals surface area contributed by atoms with Gasteiger partial charge in [0.2, 0.25) is 0 Å². The van der Waals surface area contributed by atoms with Gasteiger partial charge < -0.3 is 15.2 Å². The number of hydrogen-bond donors (Lipinski definition) is 1. The van der Waals surface area contributed by atoms with Gasteiger partial charge in [-0.2, -0.15) is 0 Å². The van der Waals surface area contributed by atoms with E-state index in [2.05, 4.69) is 4.98 Å². The summed E-state index contributed by atoms with van der Waals surface area (Å²) in [5.74, 6) is -0.631. The lowest BCUT2D eigenvalue weighted by molar-refractivity contribution is -0.145. The molecule has 4 heteroatoms. The molecule has 0 aromatic carbocycles. The number of nitrogens with zero attached hydrogens (tertiary/aromatic N) is 1. The van der Waals surface area contributed by atoms with Crippen LogP contribution in [0.25, 0.3) is 0 Å². The molecule has 1 saturated heterocycles. The van der Waals surface area contributed by atoms with Crippen LogP contribution in [0.15, 0.2) is 24.5 Å². The lowest BCUT2D eigenvalue weighted by atomic mass is 10.2. The second-order valence-corrected chi connectivity index (χ2v) is 3.54.